The maximum Gasteiger partial charge on any atom is 0.303 e. The van der Waals surface area contributed by atoms with Gasteiger partial charge in [-0.25, -0.2) is 0 Å². The summed E-state index contributed by atoms with van der Waals surface area (Å²) in [4.78, 5) is 32.0. The molecule has 0 spiro atoms. The second-order valence-corrected chi connectivity index (χ2v) is 2.77. The Morgan fingerprint density at radius 3 is 2.85 bits per heavy atom. The predicted octanol–water partition coefficient (Wildman–Crippen LogP) is -1.53. The molecule has 6 heteroatoms. The first-order chi connectivity index (χ1) is 6.09. The molecular weight excluding hydrogens is 176 g/mol. The standard InChI is InChI=1S/C7H10N2O4/c10-5-3-8-7(13)4(9-5)1-2-6(11)12/h4H,1-3H2,(H,8,13)(H,9,10)(H,11,12)/t4-/m0/s1. The highest BCUT2D eigenvalue weighted by atomic mass is 16.4. The second-order valence-electron chi connectivity index (χ2n) is 2.77. The molecule has 0 aromatic rings. The fourth-order valence-corrected chi connectivity index (χ4v) is 1.07. The van der Waals surface area contributed by atoms with E-state index in [1.165, 1.54) is 0 Å². The molecule has 0 saturated carbocycles. The Morgan fingerprint density at radius 1 is 1.54 bits per heavy atom. The number of carbonyl (C=O) groups is 3. The zero-order valence-corrected chi connectivity index (χ0v) is 6.87. The number of hydrogen-bond donors (Lipinski definition) is 3. The van der Waals surface area contributed by atoms with E-state index in [-0.39, 0.29) is 31.2 Å². The van der Waals surface area contributed by atoms with E-state index in [0.717, 1.165) is 0 Å². The highest BCUT2D eigenvalue weighted by Gasteiger charge is 2.25. The number of rotatable bonds is 3. The van der Waals surface area contributed by atoms with Crippen LogP contribution in [0.25, 0.3) is 0 Å². The molecule has 0 aromatic heterocycles. The summed E-state index contributed by atoms with van der Waals surface area (Å²) in [6.07, 6.45) is 0.00523. The molecule has 1 atom stereocenters. The van der Waals surface area contributed by atoms with Gasteiger partial charge in [-0.1, -0.05) is 0 Å². The Morgan fingerprint density at radius 2 is 2.23 bits per heavy atom. The Balaban J connectivity index is 2.42. The van der Waals surface area contributed by atoms with Gasteiger partial charge in [0.25, 0.3) is 0 Å². The van der Waals surface area contributed by atoms with E-state index >= 15 is 0 Å². The normalized spacial score (nSPS) is 22.0. The van der Waals surface area contributed by atoms with Crippen molar-refractivity contribution >= 4 is 17.8 Å². The van der Waals surface area contributed by atoms with Gasteiger partial charge in [0.15, 0.2) is 0 Å². The summed E-state index contributed by atoms with van der Waals surface area (Å²) in [6, 6.07) is -0.697. The van der Waals surface area contributed by atoms with Gasteiger partial charge in [0, 0.05) is 6.42 Å². The van der Waals surface area contributed by atoms with Gasteiger partial charge in [0.1, 0.15) is 6.04 Å². The van der Waals surface area contributed by atoms with Gasteiger partial charge in [-0.15, -0.1) is 0 Å². The molecule has 0 bridgehead atoms. The van der Waals surface area contributed by atoms with E-state index in [1.54, 1.807) is 0 Å². The molecule has 0 aliphatic carbocycles. The lowest BCUT2D eigenvalue weighted by atomic mass is 10.1. The van der Waals surface area contributed by atoms with Crippen molar-refractivity contribution in [3.63, 3.8) is 0 Å². The van der Waals surface area contributed by atoms with Gasteiger partial charge in [-0.2, -0.15) is 0 Å². The molecule has 1 aliphatic rings. The van der Waals surface area contributed by atoms with E-state index in [9.17, 15) is 14.4 Å². The van der Waals surface area contributed by atoms with Crippen LogP contribution in [0.2, 0.25) is 0 Å². The number of carboxylic acid groups (broad SMARTS) is 1. The Kier molecular flexibility index (Phi) is 2.84. The molecule has 1 saturated heterocycles. The van der Waals surface area contributed by atoms with Crippen LogP contribution in [0.5, 0.6) is 0 Å². The van der Waals surface area contributed by atoms with Crippen molar-refractivity contribution < 1.29 is 19.5 Å². The molecule has 1 aliphatic heterocycles. The summed E-state index contributed by atoms with van der Waals surface area (Å²) in [5.41, 5.74) is 0. The van der Waals surface area contributed by atoms with Crippen LogP contribution >= 0.6 is 0 Å². The fraction of sp³-hybridized carbons (Fsp3) is 0.571. The number of carbonyl (C=O) groups excluding carboxylic acids is 2. The summed E-state index contributed by atoms with van der Waals surface area (Å²) in [6.45, 7) is -0.0254. The number of aliphatic carboxylic acids is 1. The average molecular weight is 186 g/mol. The van der Waals surface area contributed by atoms with Gasteiger partial charge >= 0.3 is 5.97 Å². The van der Waals surface area contributed by atoms with Crippen molar-refractivity contribution in [1.82, 2.24) is 10.6 Å². The molecule has 0 radical (unpaired) electrons. The summed E-state index contributed by atoms with van der Waals surface area (Å²) < 4.78 is 0. The van der Waals surface area contributed by atoms with Crippen LogP contribution in [0.4, 0.5) is 0 Å². The topological polar surface area (TPSA) is 95.5 Å². The molecule has 72 valence electrons. The molecule has 13 heavy (non-hydrogen) atoms. The minimum atomic E-state index is -0.979. The third-order valence-electron chi connectivity index (χ3n) is 1.72. The van der Waals surface area contributed by atoms with Crippen LogP contribution in [0, 0.1) is 0 Å². The Bertz CT molecular complexity index is 251. The quantitative estimate of drug-likeness (QED) is 0.498. The summed E-state index contributed by atoms with van der Waals surface area (Å²) >= 11 is 0. The highest BCUT2D eigenvalue weighted by Crippen LogP contribution is 2.00. The van der Waals surface area contributed by atoms with E-state index in [1.807, 2.05) is 0 Å². The zero-order chi connectivity index (χ0) is 9.84. The van der Waals surface area contributed by atoms with Crippen molar-refractivity contribution in [1.29, 1.82) is 0 Å². The lowest BCUT2D eigenvalue weighted by Gasteiger charge is -2.22. The van der Waals surface area contributed by atoms with Crippen molar-refractivity contribution in [3.05, 3.63) is 0 Å². The van der Waals surface area contributed by atoms with E-state index in [2.05, 4.69) is 10.6 Å². The van der Waals surface area contributed by atoms with Crippen LogP contribution in [0.3, 0.4) is 0 Å². The molecule has 0 aromatic carbocycles. The van der Waals surface area contributed by atoms with Gasteiger partial charge in [-0.3, -0.25) is 14.4 Å². The fourth-order valence-electron chi connectivity index (χ4n) is 1.07. The zero-order valence-electron chi connectivity index (χ0n) is 6.87. The molecular formula is C7H10N2O4. The number of hydrogen-bond acceptors (Lipinski definition) is 3. The first-order valence-corrected chi connectivity index (χ1v) is 3.88. The van der Waals surface area contributed by atoms with E-state index < -0.39 is 12.0 Å². The lowest BCUT2D eigenvalue weighted by Crippen LogP contribution is -2.56. The molecule has 6 nitrogen and oxygen atoms in total. The van der Waals surface area contributed by atoms with Gasteiger partial charge in [0.2, 0.25) is 11.8 Å². The summed E-state index contributed by atoms with van der Waals surface area (Å²) in [7, 11) is 0. The second kappa shape index (κ2) is 3.88. The molecule has 1 heterocycles. The summed E-state index contributed by atoms with van der Waals surface area (Å²) in [5.74, 6) is -1.58. The van der Waals surface area contributed by atoms with Crippen LogP contribution < -0.4 is 10.6 Å². The molecule has 3 N–H and O–H groups in total. The first-order valence-electron chi connectivity index (χ1n) is 3.88. The van der Waals surface area contributed by atoms with Crippen molar-refractivity contribution in [2.45, 2.75) is 18.9 Å². The molecule has 2 amide bonds. The van der Waals surface area contributed by atoms with Gasteiger partial charge in [-0.05, 0) is 6.42 Å². The third-order valence-corrected chi connectivity index (χ3v) is 1.72. The predicted molar refractivity (Wildman–Crippen MR) is 41.8 cm³/mol. The molecule has 1 fully saturated rings. The SMILES string of the molecule is O=C(O)CC[C@@H]1NC(=O)CNC1=O. The summed E-state index contributed by atoms with van der Waals surface area (Å²) in [5, 5.41) is 13.1. The monoisotopic (exact) mass is 186 g/mol. The van der Waals surface area contributed by atoms with Crippen LogP contribution in [0.1, 0.15) is 12.8 Å². The van der Waals surface area contributed by atoms with E-state index in [4.69, 9.17) is 5.11 Å². The number of piperazine rings is 1. The number of nitrogens with one attached hydrogen (secondary N) is 2. The smallest absolute Gasteiger partial charge is 0.303 e. The highest BCUT2D eigenvalue weighted by molar-refractivity contribution is 5.94. The van der Waals surface area contributed by atoms with Crippen molar-refractivity contribution in [3.8, 4) is 0 Å². The van der Waals surface area contributed by atoms with Crippen LogP contribution in [-0.4, -0.2) is 35.5 Å². The minimum absolute atomic E-state index is 0.0254. The van der Waals surface area contributed by atoms with Crippen LogP contribution in [-0.2, 0) is 14.4 Å². The Labute approximate surface area is 74.3 Å². The maximum absolute atomic E-state index is 11.0. The largest absolute Gasteiger partial charge is 0.481 e. The third kappa shape index (κ3) is 2.73. The van der Waals surface area contributed by atoms with Gasteiger partial charge in [0.05, 0.1) is 6.54 Å². The van der Waals surface area contributed by atoms with E-state index in [0.29, 0.717) is 0 Å². The Hall–Kier alpha value is -1.59. The van der Waals surface area contributed by atoms with Crippen molar-refractivity contribution in [2.24, 2.45) is 0 Å². The van der Waals surface area contributed by atoms with Crippen LogP contribution in [0.15, 0.2) is 0 Å². The number of carboxylic acids is 1. The molecule has 0 unspecified atom stereocenters. The molecule has 1 rings (SSSR count). The minimum Gasteiger partial charge on any atom is -0.481 e. The number of amides is 2. The lowest BCUT2D eigenvalue weighted by molar-refractivity contribution is -0.138. The average Bonchev–Trinajstić information content (AvgIpc) is 2.06. The first kappa shape index (κ1) is 9.50. The van der Waals surface area contributed by atoms with Crippen molar-refractivity contribution in [2.75, 3.05) is 6.54 Å². The maximum atomic E-state index is 11.0. The van der Waals surface area contributed by atoms with Gasteiger partial charge < -0.3 is 15.7 Å².